The molecule has 0 saturated carbocycles. The Morgan fingerprint density at radius 2 is 1.59 bits per heavy atom. The average Bonchev–Trinajstić information content (AvgIpc) is 3.02. The van der Waals surface area contributed by atoms with E-state index >= 15 is 0 Å². The molecule has 0 aliphatic carbocycles. The smallest absolute Gasteiger partial charge is 0.321 e. The fourth-order valence-electron chi connectivity index (χ4n) is 3.33. The molecular formula is C22H33N3O6S. The molecule has 1 aromatic carbocycles. The van der Waals surface area contributed by atoms with Crippen molar-refractivity contribution >= 4 is 27.9 Å². The molecule has 0 radical (unpaired) electrons. The van der Waals surface area contributed by atoms with Crippen LogP contribution in [0.1, 0.15) is 58.4 Å². The minimum Gasteiger partial charge on any atom is -0.453 e. The number of urea groups is 1. The Kier molecular flexibility index (Phi) is 9.64. The number of sulfonamides is 1. The van der Waals surface area contributed by atoms with Gasteiger partial charge in [0.15, 0.2) is 6.10 Å². The Morgan fingerprint density at radius 1 is 1.00 bits per heavy atom. The number of rotatable bonds is 8. The van der Waals surface area contributed by atoms with Crippen molar-refractivity contribution in [3.05, 3.63) is 29.8 Å². The molecule has 0 spiro atoms. The van der Waals surface area contributed by atoms with E-state index < -0.39 is 34.0 Å². The summed E-state index contributed by atoms with van der Waals surface area (Å²) in [6, 6.07) is 5.71. The quantitative estimate of drug-likeness (QED) is 0.566. The maximum Gasteiger partial charge on any atom is 0.321 e. The number of nitrogens with zero attached hydrogens (tertiary/aromatic N) is 1. The maximum atomic E-state index is 12.8. The number of imide groups is 1. The van der Waals surface area contributed by atoms with E-state index in [-0.39, 0.29) is 17.4 Å². The van der Waals surface area contributed by atoms with E-state index in [1.54, 1.807) is 42.4 Å². The fourth-order valence-corrected chi connectivity index (χ4v) is 4.84. The lowest BCUT2D eigenvalue weighted by atomic mass is 10.1. The minimum absolute atomic E-state index is 0.0219. The molecule has 178 valence electrons. The number of benzene rings is 1. The van der Waals surface area contributed by atoms with Gasteiger partial charge in [-0.3, -0.25) is 14.9 Å². The van der Waals surface area contributed by atoms with Crippen LogP contribution >= 0.6 is 0 Å². The summed E-state index contributed by atoms with van der Waals surface area (Å²) in [5.74, 6) is -1.29. The van der Waals surface area contributed by atoms with Crippen LogP contribution in [0.25, 0.3) is 0 Å². The van der Waals surface area contributed by atoms with E-state index in [9.17, 15) is 22.8 Å². The van der Waals surface area contributed by atoms with E-state index in [2.05, 4.69) is 10.6 Å². The molecule has 32 heavy (non-hydrogen) atoms. The number of carbonyl (C=O) groups is 3. The highest BCUT2D eigenvalue weighted by Crippen LogP contribution is 2.21. The van der Waals surface area contributed by atoms with Crippen LogP contribution in [0.4, 0.5) is 4.79 Å². The average molecular weight is 468 g/mol. The SMILES string of the molecule is CC(C)NC(=O)NC(=O)C(C)OC(=O)CCc1ccc(S(=O)(=O)N2CCCCCC2)cc1. The Morgan fingerprint density at radius 3 is 2.16 bits per heavy atom. The zero-order valence-corrected chi connectivity index (χ0v) is 19.7. The van der Waals surface area contributed by atoms with Crippen molar-refractivity contribution in [2.75, 3.05) is 13.1 Å². The molecule has 2 rings (SSSR count). The second-order valence-electron chi connectivity index (χ2n) is 8.21. The summed E-state index contributed by atoms with van der Waals surface area (Å²) < 4.78 is 32.3. The van der Waals surface area contributed by atoms with Crippen LogP contribution in [0.5, 0.6) is 0 Å². The first-order chi connectivity index (χ1) is 15.1. The second-order valence-corrected chi connectivity index (χ2v) is 10.1. The van der Waals surface area contributed by atoms with Crippen LogP contribution in [-0.4, -0.2) is 55.9 Å². The summed E-state index contributed by atoms with van der Waals surface area (Å²) in [4.78, 5) is 35.8. The van der Waals surface area contributed by atoms with E-state index in [0.29, 0.717) is 19.5 Å². The molecule has 1 aliphatic rings. The van der Waals surface area contributed by atoms with Gasteiger partial charge in [-0.05, 0) is 57.7 Å². The van der Waals surface area contributed by atoms with Gasteiger partial charge >= 0.3 is 12.0 Å². The highest BCUT2D eigenvalue weighted by atomic mass is 32.2. The van der Waals surface area contributed by atoms with Gasteiger partial charge in [0.1, 0.15) is 0 Å². The third-order valence-corrected chi connectivity index (χ3v) is 6.99. The first-order valence-electron chi connectivity index (χ1n) is 11.0. The van der Waals surface area contributed by atoms with Crippen molar-refractivity contribution in [3.8, 4) is 0 Å². The topological polar surface area (TPSA) is 122 Å². The number of carbonyl (C=O) groups excluding carboxylic acids is 3. The zero-order chi connectivity index (χ0) is 23.7. The molecule has 1 heterocycles. The van der Waals surface area contributed by atoms with Crippen LogP contribution in [0.2, 0.25) is 0 Å². The predicted molar refractivity (Wildman–Crippen MR) is 119 cm³/mol. The van der Waals surface area contributed by atoms with Gasteiger partial charge in [0.2, 0.25) is 10.0 Å². The van der Waals surface area contributed by atoms with Gasteiger partial charge in [-0.2, -0.15) is 4.31 Å². The van der Waals surface area contributed by atoms with Crippen molar-refractivity contribution in [1.82, 2.24) is 14.9 Å². The van der Waals surface area contributed by atoms with E-state index in [0.717, 1.165) is 31.2 Å². The van der Waals surface area contributed by atoms with Crippen molar-refractivity contribution in [3.63, 3.8) is 0 Å². The summed E-state index contributed by atoms with van der Waals surface area (Å²) in [5.41, 5.74) is 0.783. The number of nitrogens with one attached hydrogen (secondary N) is 2. The molecule has 3 amide bonds. The van der Waals surface area contributed by atoms with Gasteiger partial charge in [0.25, 0.3) is 5.91 Å². The molecule has 1 fully saturated rings. The van der Waals surface area contributed by atoms with Gasteiger partial charge in [-0.15, -0.1) is 0 Å². The van der Waals surface area contributed by atoms with Crippen LogP contribution in [0.15, 0.2) is 29.2 Å². The van der Waals surface area contributed by atoms with Gasteiger partial charge in [-0.1, -0.05) is 25.0 Å². The first-order valence-corrected chi connectivity index (χ1v) is 12.4. The summed E-state index contributed by atoms with van der Waals surface area (Å²) in [5, 5.41) is 4.62. The molecule has 2 N–H and O–H groups in total. The standard InChI is InChI=1S/C22H33N3O6S/c1-16(2)23-22(28)24-21(27)17(3)31-20(26)13-10-18-8-11-19(12-9-18)32(29,30)25-14-6-4-5-7-15-25/h8-9,11-12,16-17H,4-7,10,13-15H2,1-3H3,(H2,23,24,27,28). The van der Waals surface area contributed by atoms with Crippen LogP contribution in [0.3, 0.4) is 0 Å². The lowest BCUT2D eigenvalue weighted by Gasteiger charge is -2.20. The van der Waals surface area contributed by atoms with E-state index in [1.807, 2.05) is 0 Å². The number of esters is 1. The number of hydrogen-bond donors (Lipinski definition) is 2. The lowest BCUT2D eigenvalue weighted by Crippen LogP contribution is -2.46. The van der Waals surface area contributed by atoms with Gasteiger partial charge in [-0.25, -0.2) is 13.2 Å². The van der Waals surface area contributed by atoms with Crippen molar-refractivity contribution < 1.29 is 27.5 Å². The number of aryl methyl sites for hydroxylation is 1. The molecule has 1 atom stereocenters. The Bertz CT molecular complexity index is 891. The minimum atomic E-state index is -3.51. The molecule has 9 nitrogen and oxygen atoms in total. The Balaban J connectivity index is 1.84. The molecule has 1 unspecified atom stereocenters. The summed E-state index contributed by atoms with van der Waals surface area (Å²) in [6.07, 6.45) is 3.09. The summed E-state index contributed by atoms with van der Waals surface area (Å²) in [6.45, 7) is 5.98. The molecule has 0 aromatic heterocycles. The number of hydrogen-bond acceptors (Lipinski definition) is 6. The lowest BCUT2D eigenvalue weighted by molar-refractivity contribution is -0.154. The van der Waals surface area contributed by atoms with Gasteiger partial charge < -0.3 is 10.1 Å². The van der Waals surface area contributed by atoms with Crippen molar-refractivity contribution in [2.24, 2.45) is 0 Å². The molecule has 0 bridgehead atoms. The Labute approximate surface area is 189 Å². The Hall–Kier alpha value is -2.46. The molecule has 1 aromatic rings. The van der Waals surface area contributed by atoms with Crippen LogP contribution in [-0.2, 0) is 30.8 Å². The van der Waals surface area contributed by atoms with Crippen LogP contribution in [0, 0.1) is 0 Å². The molecule has 1 aliphatic heterocycles. The third kappa shape index (κ3) is 7.90. The van der Waals surface area contributed by atoms with E-state index in [1.165, 1.54) is 6.92 Å². The normalized spacial score (nSPS) is 16.1. The molecule has 1 saturated heterocycles. The van der Waals surface area contributed by atoms with Crippen molar-refractivity contribution in [1.29, 1.82) is 0 Å². The second kappa shape index (κ2) is 12.0. The first kappa shape index (κ1) is 25.8. The molecule has 10 heteroatoms. The monoisotopic (exact) mass is 467 g/mol. The zero-order valence-electron chi connectivity index (χ0n) is 18.9. The highest BCUT2D eigenvalue weighted by molar-refractivity contribution is 7.89. The summed E-state index contributed by atoms with van der Waals surface area (Å²) in [7, 11) is -3.51. The maximum absolute atomic E-state index is 12.8. The van der Waals surface area contributed by atoms with Gasteiger partial charge in [0.05, 0.1) is 4.90 Å². The van der Waals surface area contributed by atoms with Gasteiger partial charge in [0, 0.05) is 25.6 Å². The van der Waals surface area contributed by atoms with Crippen molar-refractivity contribution in [2.45, 2.75) is 76.3 Å². The number of ether oxygens (including phenoxy) is 1. The van der Waals surface area contributed by atoms with E-state index in [4.69, 9.17) is 4.74 Å². The largest absolute Gasteiger partial charge is 0.453 e. The fraction of sp³-hybridized carbons (Fsp3) is 0.591. The van der Waals surface area contributed by atoms with Crippen LogP contribution < -0.4 is 10.6 Å². The number of amides is 3. The third-order valence-electron chi connectivity index (χ3n) is 5.08. The highest BCUT2D eigenvalue weighted by Gasteiger charge is 2.25. The molecular weight excluding hydrogens is 434 g/mol. The summed E-state index contributed by atoms with van der Waals surface area (Å²) >= 11 is 0. The predicted octanol–water partition coefficient (Wildman–Crippen LogP) is 2.35.